The Morgan fingerprint density at radius 3 is 1.97 bits per heavy atom. The minimum absolute atomic E-state index is 0.00956. The van der Waals surface area contributed by atoms with Crippen molar-refractivity contribution in [3.63, 3.8) is 0 Å². The van der Waals surface area contributed by atoms with Crippen molar-refractivity contribution in [2.45, 2.75) is 70.2 Å². The summed E-state index contributed by atoms with van der Waals surface area (Å²) in [7, 11) is -3.61. The molecule has 0 N–H and O–H groups in total. The van der Waals surface area contributed by atoms with Gasteiger partial charge in [-0.1, -0.05) is 89.2 Å². The van der Waals surface area contributed by atoms with Crippen molar-refractivity contribution >= 4 is 10.0 Å². The van der Waals surface area contributed by atoms with Gasteiger partial charge in [-0.3, -0.25) is 0 Å². The molecule has 1 saturated heterocycles. The van der Waals surface area contributed by atoms with Crippen LogP contribution in [0.2, 0.25) is 0 Å². The van der Waals surface area contributed by atoms with Crippen LogP contribution < -0.4 is 0 Å². The summed E-state index contributed by atoms with van der Waals surface area (Å²) in [6.45, 7) is 13.4. The summed E-state index contributed by atoms with van der Waals surface area (Å²) in [5, 5.41) is 8.55. The minimum Gasteiger partial charge on any atom is -0.246 e. The summed E-state index contributed by atoms with van der Waals surface area (Å²) in [6, 6.07) is 14.1. The molecule has 33 heavy (non-hydrogen) atoms. The predicted molar refractivity (Wildman–Crippen MR) is 132 cm³/mol. The van der Waals surface area contributed by atoms with Crippen LogP contribution in [0.1, 0.15) is 82.0 Å². The molecule has 1 fully saturated rings. The SMILES string of the molecule is CC(C)c1cc(C(C)C)c(S(=O)(=O)N2CC(n3cc(-c4ccccc4)nn3)C2)c(C(C)C)c1. The van der Waals surface area contributed by atoms with Crippen LogP contribution in [0, 0.1) is 0 Å². The Balaban J connectivity index is 1.62. The molecule has 0 aliphatic carbocycles. The average molecular weight is 467 g/mol. The maximum absolute atomic E-state index is 13.8. The molecule has 0 atom stereocenters. The third-order valence-corrected chi connectivity index (χ3v) is 8.43. The normalized spacial score (nSPS) is 15.5. The highest BCUT2D eigenvalue weighted by molar-refractivity contribution is 7.89. The molecular weight excluding hydrogens is 432 g/mol. The highest BCUT2D eigenvalue weighted by Gasteiger charge is 2.41. The zero-order valence-electron chi connectivity index (χ0n) is 20.4. The Morgan fingerprint density at radius 1 is 0.879 bits per heavy atom. The van der Waals surface area contributed by atoms with Gasteiger partial charge in [0.2, 0.25) is 10.0 Å². The Bertz CT molecular complexity index is 1200. The maximum atomic E-state index is 13.8. The summed E-state index contributed by atoms with van der Waals surface area (Å²) in [5.74, 6) is 0.579. The first kappa shape index (κ1) is 23.6. The summed E-state index contributed by atoms with van der Waals surface area (Å²) >= 11 is 0. The van der Waals surface area contributed by atoms with Gasteiger partial charge in [0, 0.05) is 18.7 Å². The molecule has 3 aromatic rings. The highest BCUT2D eigenvalue weighted by Crippen LogP contribution is 2.39. The third-order valence-electron chi connectivity index (χ3n) is 6.46. The lowest BCUT2D eigenvalue weighted by Gasteiger charge is -2.39. The molecule has 1 aliphatic heterocycles. The maximum Gasteiger partial charge on any atom is 0.243 e. The standard InChI is InChI=1S/C26H34N4O2S/c1-17(2)21-12-23(18(3)4)26(24(13-21)19(5)6)33(31,32)29-14-22(15-29)30-16-25(27-28-30)20-10-8-7-9-11-20/h7-13,16-19,22H,14-15H2,1-6H3. The molecule has 0 amide bonds. The van der Waals surface area contributed by atoms with Gasteiger partial charge in [-0.15, -0.1) is 5.10 Å². The van der Waals surface area contributed by atoms with Crippen LogP contribution in [0.25, 0.3) is 11.3 Å². The van der Waals surface area contributed by atoms with Crippen molar-refractivity contribution in [2.75, 3.05) is 13.1 Å². The summed E-state index contributed by atoms with van der Waals surface area (Å²) < 4.78 is 31.0. The molecule has 0 radical (unpaired) electrons. The number of aromatic nitrogens is 3. The molecule has 2 heterocycles. The summed E-state index contributed by atoms with van der Waals surface area (Å²) in [4.78, 5) is 0.499. The number of hydrogen-bond donors (Lipinski definition) is 0. The molecule has 6 nitrogen and oxygen atoms in total. The lowest BCUT2D eigenvalue weighted by Crippen LogP contribution is -2.51. The number of benzene rings is 2. The van der Waals surface area contributed by atoms with E-state index < -0.39 is 10.0 Å². The predicted octanol–water partition coefficient (Wildman–Crippen LogP) is 5.56. The Kier molecular flexibility index (Phi) is 6.47. The van der Waals surface area contributed by atoms with Gasteiger partial charge in [-0.2, -0.15) is 4.31 Å². The lowest BCUT2D eigenvalue weighted by molar-refractivity contribution is 0.188. The second-order valence-electron chi connectivity index (χ2n) is 9.92. The van der Waals surface area contributed by atoms with E-state index in [0.717, 1.165) is 22.4 Å². The van der Waals surface area contributed by atoms with Gasteiger partial charge in [0.25, 0.3) is 0 Å². The zero-order chi connectivity index (χ0) is 23.9. The zero-order valence-corrected chi connectivity index (χ0v) is 21.2. The molecule has 176 valence electrons. The highest BCUT2D eigenvalue weighted by atomic mass is 32.2. The number of sulfonamides is 1. The number of rotatable bonds is 7. The van der Waals surface area contributed by atoms with E-state index in [1.54, 1.807) is 8.99 Å². The Morgan fingerprint density at radius 2 is 1.45 bits per heavy atom. The van der Waals surface area contributed by atoms with Gasteiger partial charge < -0.3 is 0 Å². The first-order valence-electron chi connectivity index (χ1n) is 11.7. The fourth-order valence-electron chi connectivity index (χ4n) is 4.29. The third kappa shape index (κ3) is 4.49. The topological polar surface area (TPSA) is 68.1 Å². The van der Waals surface area contributed by atoms with Crippen molar-refractivity contribution in [2.24, 2.45) is 0 Å². The van der Waals surface area contributed by atoms with E-state index in [9.17, 15) is 8.42 Å². The molecule has 0 saturated carbocycles. The monoisotopic (exact) mass is 466 g/mol. The number of nitrogens with zero attached hydrogens (tertiary/aromatic N) is 4. The molecule has 1 aromatic heterocycles. The van der Waals surface area contributed by atoms with E-state index >= 15 is 0 Å². The van der Waals surface area contributed by atoms with Crippen LogP contribution in [0.5, 0.6) is 0 Å². The molecule has 0 spiro atoms. The second kappa shape index (κ2) is 9.03. The average Bonchev–Trinajstić information content (AvgIpc) is 3.21. The van der Waals surface area contributed by atoms with Crippen molar-refractivity contribution < 1.29 is 8.42 Å². The molecule has 0 bridgehead atoms. The lowest BCUT2D eigenvalue weighted by atomic mass is 9.89. The first-order valence-corrected chi connectivity index (χ1v) is 13.2. The van der Waals surface area contributed by atoms with Gasteiger partial charge in [0.05, 0.1) is 17.1 Å². The van der Waals surface area contributed by atoms with E-state index in [1.807, 2.05) is 36.5 Å². The van der Waals surface area contributed by atoms with E-state index in [-0.39, 0.29) is 17.9 Å². The molecule has 4 rings (SSSR count). The largest absolute Gasteiger partial charge is 0.246 e. The van der Waals surface area contributed by atoms with Crippen molar-refractivity contribution in [1.29, 1.82) is 0 Å². The Hall–Kier alpha value is -2.51. The van der Waals surface area contributed by atoms with E-state index in [0.29, 0.717) is 23.9 Å². The van der Waals surface area contributed by atoms with Crippen LogP contribution in [-0.2, 0) is 10.0 Å². The van der Waals surface area contributed by atoms with Crippen LogP contribution >= 0.6 is 0 Å². The van der Waals surface area contributed by atoms with Crippen LogP contribution in [-0.4, -0.2) is 40.8 Å². The van der Waals surface area contributed by atoms with E-state index in [4.69, 9.17) is 0 Å². The molecule has 2 aromatic carbocycles. The summed E-state index contributed by atoms with van der Waals surface area (Å²) in [6.07, 6.45) is 1.90. The molecular formula is C26H34N4O2S. The van der Waals surface area contributed by atoms with E-state index in [1.165, 1.54) is 5.56 Å². The van der Waals surface area contributed by atoms with Crippen LogP contribution in [0.4, 0.5) is 0 Å². The fourth-order valence-corrected chi connectivity index (χ4v) is 6.47. The molecule has 0 unspecified atom stereocenters. The quantitative estimate of drug-likeness (QED) is 0.457. The fraction of sp³-hybridized carbons (Fsp3) is 0.462. The summed E-state index contributed by atoms with van der Waals surface area (Å²) in [5.41, 5.74) is 4.83. The smallest absolute Gasteiger partial charge is 0.243 e. The van der Waals surface area contributed by atoms with Crippen molar-refractivity contribution in [3.05, 3.63) is 65.4 Å². The molecule has 1 aliphatic rings. The van der Waals surface area contributed by atoms with Crippen molar-refractivity contribution in [1.82, 2.24) is 19.3 Å². The van der Waals surface area contributed by atoms with Crippen molar-refractivity contribution in [3.8, 4) is 11.3 Å². The second-order valence-corrected chi connectivity index (χ2v) is 11.8. The van der Waals surface area contributed by atoms with Gasteiger partial charge in [-0.25, -0.2) is 13.1 Å². The Labute approximate surface area is 197 Å². The van der Waals surface area contributed by atoms with E-state index in [2.05, 4.69) is 64.0 Å². The van der Waals surface area contributed by atoms with Crippen LogP contribution in [0.15, 0.2) is 53.6 Å². The van der Waals surface area contributed by atoms with Gasteiger partial charge in [-0.05, 0) is 34.4 Å². The van der Waals surface area contributed by atoms with Gasteiger partial charge >= 0.3 is 0 Å². The van der Waals surface area contributed by atoms with Gasteiger partial charge in [0.15, 0.2) is 0 Å². The number of hydrogen-bond acceptors (Lipinski definition) is 4. The molecule has 7 heteroatoms. The minimum atomic E-state index is -3.61. The first-order chi connectivity index (χ1) is 15.6. The van der Waals surface area contributed by atoms with Crippen LogP contribution in [0.3, 0.4) is 0 Å². The van der Waals surface area contributed by atoms with Gasteiger partial charge in [0.1, 0.15) is 5.69 Å².